The van der Waals surface area contributed by atoms with Gasteiger partial charge in [0.1, 0.15) is 5.15 Å². The molecule has 0 saturated heterocycles. The van der Waals surface area contributed by atoms with Crippen LogP contribution in [0.25, 0.3) is 0 Å². The van der Waals surface area contributed by atoms with Gasteiger partial charge in [-0.1, -0.05) is 31.4 Å². The molecule has 0 bridgehead atoms. The third-order valence-electron chi connectivity index (χ3n) is 3.44. The third-order valence-corrected chi connectivity index (χ3v) is 3.82. The lowest BCUT2D eigenvalue weighted by atomic mass is 10.1. The first-order valence-electron chi connectivity index (χ1n) is 6.05. The zero-order valence-electron chi connectivity index (χ0n) is 10.1. The highest BCUT2D eigenvalue weighted by Gasteiger charge is 2.27. The summed E-state index contributed by atoms with van der Waals surface area (Å²) in [6.45, 7) is 3.64. The number of rotatable bonds is 4. The molecule has 1 aromatic heterocycles. The van der Waals surface area contributed by atoms with Gasteiger partial charge >= 0.3 is 5.69 Å². The Balaban J connectivity index is 2.45. The normalized spacial score (nSPS) is 17.1. The van der Waals surface area contributed by atoms with Gasteiger partial charge in [0.25, 0.3) is 5.56 Å². The predicted octanol–water partition coefficient (Wildman–Crippen LogP) is 2.25. The van der Waals surface area contributed by atoms with Crippen LogP contribution in [0.5, 0.6) is 0 Å². The molecule has 0 amide bonds. The van der Waals surface area contributed by atoms with Gasteiger partial charge in [-0.15, -0.1) is 0 Å². The van der Waals surface area contributed by atoms with E-state index in [1.165, 1.54) is 17.4 Å². The average Bonchev–Trinajstić information content (AvgIpc) is 3.08. The Bertz CT molecular complexity index is 528. The van der Waals surface area contributed by atoms with E-state index < -0.39 is 5.69 Å². The van der Waals surface area contributed by atoms with Gasteiger partial charge in [-0.2, -0.15) is 0 Å². The molecular formula is C12H17ClN2O2. The van der Waals surface area contributed by atoms with Crippen LogP contribution in [0.15, 0.2) is 9.59 Å². The van der Waals surface area contributed by atoms with E-state index in [0.29, 0.717) is 11.5 Å². The first-order chi connectivity index (χ1) is 8.04. The lowest BCUT2D eigenvalue weighted by Gasteiger charge is -2.17. The molecule has 0 aromatic carbocycles. The van der Waals surface area contributed by atoms with Gasteiger partial charge in [-0.25, -0.2) is 4.79 Å². The number of halogens is 1. The molecule has 4 nitrogen and oxygen atoms in total. The van der Waals surface area contributed by atoms with Gasteiger partial charge in [0.2, 0.25) is 0 Å². The number of hydrogen-bond donors (Lipinski definition) is 1. The van der Waals surface area contributed by atoms with E-state index in [0.717, 1.165) is 12.8 Å². The van der Waals surface area contributed by atoms with Crippen LogP contribution in [0.1, 0.15) is 44.2 Å². The van der Waals surface area contributed by atoms with Crippen molar-refractivity contribution >= 4 is 11.6 Å². The Hall–Kier alpha value is -1.03. The minimum absolute atomic E-state index is 0.00489. The predicted molar refractivity (Wildman–Crippen MR) is 67.7 cm³/mol. The van der Waals surface area contributed by atoms with E-state index in [9.17, 15) is 9.59 Å². The smallest absolute Gasteiger partial charge is 0.297 e. The second kappa shape index (κ2) is 4.69. The van der Waals surface area contributed by atoms with Crippen LogP contribution in [0, 0.1) is 12.8 Å². The van der Waals surface area contributed by atoms with Crippen LogP contribution in [0.4, 0.5) is 0 Å². The fourth-order valence-electron chi connectivity index (χ4n) is 2.14. The molecule has 0 radical (unpaired) electrons. The third kappa shape index (κ3) is 2.46. The minimum atomic E-state index is -0.391. The standard InChI is InChI=1S/C12H17ClN2O2/c1-3-9(6-8-4-5-8)15-11(16)7(2)10(13)14-12(15)17/h8-9H,3-6H2,1-2H3,(H,14,17). The fourth-order valence-corrected chi connectivity index (χ4v) is 2.30. The van der Waals surface area contributed by atoms with Gasteiger partial charge in [0.15, 0.2) is 0 Å². The summed E-state index contributed by atoms with van der Waals surface area (Å²) in [5.41, 5.74) is -0.232. The van der Waals surface area contributed by atoms with E-state index in [2.05, 4.69) is 4.98 Å². The van der Waals surface area contributed by atoms with E-state index in [1.54, 1.807) is 6.92 Å². The summed E-state index contributed by atoms with van der Waals surface area (Å²) in [4.78, 5) is 26.4. The summed E-state index contributed by atoms with van der Waals surface area (Å²) in [7, 11) is 0. The van der Waals surface area contributed by atoms with Gasteiger partial charge in [0.05, 0.1) is 0 Å². The minimum Gasteiger partial charge on any atom is -0.297 e. The molecule has 1 aliphatic carbocycles. The Labute approximate surface area is 105 Å². The highest BCUT2D eigenvalue weighted by Crippen LogP contribution is 2.37. The molecule has 0 aliphatic heterocycles. The molecule has 1 N–H and O–H groups in total. The molecule has 1 atom stereocenters. The highest BCUT2D eigenvalue weighted by atomic mass is 35.5. The lowest BCUT2D eigenvalue weighted by Crippen LogP contribution is -2.39. The second-order valence-electron chi connectivity index (χ2n) is 4.79. The molecule has 1 heterocycles. The van der Waals surface area contributed by atoms with Crippen LogP contribution in [-0.4, -0.2) is 9.55 Å². The molecule has 0 spiro atoms. The van der Waals surface area contributed by atoms with Crippen molar-refractivity contribution in [3.05, 3.63) is 31.6 Å². The number of aromatic nitrogens is 2. The number of nitrogens with one attached hydrogen (secondary N) is 1. The van der Waals surface area contributed by atoms with Crippen LogP contribution >= 0.6 is 11.6 Å². The Morgan fingerprint density at radius 1 is 1.47 bits per heavy atom. The van der Waals surface area contributed by atoms with Crippen molar-refractivity contribution in [2.24, 2.45) is 5.92 Å². The first kappa shape index (κ1) is 12.4. The molecule has 5 heteroatoms. The Morgan fingerprint density at radius 2 is 2.12 bits per heavy atom. The van der Waals surface area contributed by atoms with Crippen LogP contribution in [-0.2, 0) is 0 Å². The quantitative estimate of drug-likeness (QED) is 0.840. The van der Waals surface area contributed by atoms with Gasteiger partial charge in [-0.05, 0) is 25.7 Å². The van der Waals surface area contributed by atoms with Gasteiger partial charge in [-0.3, -0.25) is 14.3 Å². The molecule has 1 fully saturated rings. The maximum Gasteiger partial charge on any atom is 0.329 e. The van der Waals surface area contributed by atoms with Crippen molar-refractivity contribution in [1.29, 1.82) is 0 Å². The van der Waals surface area contributed by atoms with E-state index in [4.69, 9.17) is 11.6 Å². The largest absolute Gasteiger partial charge is 0.329 e. The molecule has 17 heavy (non-hydrogen) atoms. The van der Waals surface area contributed by atoms with E-state index in [1.807, 2.05) is 6.92 Å². The van der Waals surface area contributed by atoms with Crippen LogP contribution in [0.2, 0.25) is 5.15 Å². The zero-order chi connectivity index (χ0) is 12.6. The number of aromatic amines is 1. The van der Waals surface area contributed by atoms with Crippen molar-refractivity contribution in [3.63, 3.8) is 0 Å². The Kier molecular flexibility index (Phi) is 3.43. The van der Waals surface area contributed by atoms with Gasteiger partial charge < -0.3 is 0 Å². The monoisotopic (exact) mass is 256 g/mol. The molecule has 2 rings (SSSR count). The summed E-state index contributed by atoms with van der Waals surface area (Å²) >= 11 is 5.79. The summed E-state index contributed by atoms with van der Waals surface area (Å²) in [6.07, 6.45) is 4.15. The molecule has 1 aromatic rings. The fraction of sp³-hybridized carbons (Fsp3) is 0.667. The number of nitrogens with zero attached hydrogens (tertiary/aromatic N) is 1. The lowest BCUT2D eigenvalue weighted by molar-refractivity contribution is 0.401. The maximum atomic E-state index is 12.1. The SMILES string of the molecule is CCC(CC1CC1)n1c(=O)[nH]c(Cl)c(C)c1=O. The number of H-pyrrole nitrogens is 1. The Morgan fingerprint density at radius 3 is 2.65 bits per heavy atom. The van der Waals surface area contributed by atoms with Crippen molar-refractivity contribution in [1.82, 2.24) is 9.55 Å². The van der Waals surface area contributed by atoms with Gasteiger partial charge in [0, 0.05) is 11.6 Å². The molecule has 94 valence electrons. The van der Waals surface area contributed by atoms with Crippen molar-refractivity contribution in [2.45, 2.75) is 45.6 Å². The summed E-state index contributed by atoms with van der Waals surface area (Å²) < 4.78 is 1.33. The average molecular weight is 257 g/mol. The number of hydrogen-bond acceptors (Lipinski definition) is 2. The zero-order valence-corrected chi connectivity index (χ0v) is 10.9. The summed E-state index contributed by atoms with van der Waals surface area (Å²) in [5, 5.41) is 0.150. The molecule has 1 aliphatic rings. The molecule has 1 saturated carbocycles. The highest BCUT2D eigenvalue weighted by molar-refractivity contribution is 6.30. The van der Waals surface area contributed by atoms with Crippen molar-refractivity contribution in [3.8, 4) is 0 Å². The van der Waals surface area contributed by atoms with E-state index in [-0.39, 0.29) is 16.8 Å². The van der Waals surface area contributed by atoms with Crippen molar-refractivity contribution in [2.75, 3.05) is 0 Å². The van der Waals surface area contributed by atoms with E-state index >= 15 is 0 Å². The van der Waals surface area contributed by atoms with Crippen LogP contribution in [0.3, 0.4) is 0 Å². The first-order valence-corrected chi connectivity index (χ1v) is 6.43. The topological polar surface area (TPSA) is 54.9 Å². The van der Waals surface area contributed by atoms with Crippen molar-refractivity contribution < 1.29 is 0 Å². The summed E-state index contributed by atoms with van der Waals surface area (Å²) in [5.74, 6) is 0.683. The summed E-state index contributed by atoms with van der Waals surface area (Å²) in [6, 6.07) is -0.00489. The van der Waals surface area contributed by atoms with Crippen LogP contribution < -0.4 is 11.2 Å². The second-order valence-corrected chi connectivity index (χ2v) is 5.16. The molecular weight excluding hydrogens is 240 g/mol. The molecule has 1 unspecified atom stereocenters. The maximum absolute atomic E-state index is 12.1.